The van der Waals surface area contributed by atoms with Crippen LogP contribution in [0.2, 0.25) is 0 Å². The summed E-state index contributed by atoms with van der Waals surface area (Å²) in [5, 5.41) is 9.06. The Morgan fingerprint density at radius 3 is 2.35 bits per heavy atom. The van der Waals surface area contributed by atoms with E-state index < -0.39 is 0 Å². The Morgan fingerprint density at radius 1 is 1.00 bits per heavy atom. The lowest BCUT2D eigenvalue weighted by Gasteiger charge is -2.40. The average Bonchev–Trinajstić information content (AvgIpc) is 2.73. The van der Waals surface area contributed by atoms with Crippen molar-refractivity contribution in [2.45, 2.75) is 77.6 Å². The van der Waals surface area contributed by atoms with Gasteiger partial charge < -0.3 is 24.4 Å². The molecule has 1 aromatic rings. The molecule has 0 aromatic carbocycles. The van der Waals surface area contributed by atoms with Gasteiger partial charge in [-0.2, -0.15) is 0 Å². The fraction of sp³-hybridized carbons (Fsp3) is 0.800. The smallest absolute Gasteiger partial charge is 0.215 e. The lowest BCUT2D eigenvalue weighted by atomic mass is 9.75. The van der Waals surface area contributed by atoms with Crippen LogP contribution in [0.15, 0.2) is 18.3 Å². The van der Waals surface area contributed by atoms with Crippen LogP contribution < -0.4 is 9.64 Å². The molecule has 0 unspecified atom stereocenters. The number of likely N-dealkylation sites (tertiary alicyclic amines) is 1. The molecule has 1 saturated carbocycles. The van der Waals surface area contributed by atoms with Gasteiger partial charge in [-0.3, -0.25) is 0 Å². The molecule has 3 aliphatic rings. The summed E-state index contributed by atoms with van der Waals surface area (Å²) in [7, 11) is 0. The normalized spacial score (nSPS) is 26.6. The highest BCUT2D eigenvalue weighted by Gasteiger charge is 2.35. The minimum atomic E-state index is 0.217. The van der Waals surface area contributed by atoms with Crippen LogP contribution in [-0.2, 0) is 4.74 Å². The van der Waals surface area contributed by atoms with E-state index in [1.165, 1.54) is 18.5 Å². The Labute approximate surface area is 187 Å². The van der Waals surface area contributed by atoms with Crippen LogP contribution in [-0.4, -0.2) is 72.6 Å². The average molecular weight is 432 g/mol. The number of pyridine rings is 1. The van der Waals surface area contributed by atoms with Crippen molar-refractivity contribution in [2.24, 2.45) is 11.3 Å². The van der Waals surface area contributed by atoms with E-state index in [1.807, 2.05) is 6.20 Å². The summed E-state index contributed by atoms with van der Waals surface area (Å²) in [5.41, 5.74) is 1.64. The van der Waals surface area contributed by atoms with Crippen molar-refractivity contribution in [1.82, 2.24) is 9.88 Å². The molecule has 1 N–H and O–H groups in total. The number of aromatic nitrogens is 1. The number of nitrogens with zero attached hydrogens (tertiary/aromatic N) is 3. The lowest BCUT2D eigenvalue weighted by Crippen LogP contribution is -2.45. The number of anilines is 1. The number of hydrogen-bond donors (Lipinski definition) is 1. The summed E-state index contributed by atoms with van der Waals surface area (Å²) in [5.74, 6) is 1.55. The predicted octanol–water partition coefficient (Wildman–Crippen LogP) is 3.73. The number of rotatable bonds is 7. The molecule has 2 aliphatic heterocycles. The van der Waals surface area contributed by atoms with Crippen molar-refractivity contribution in [3.05, 3.63) is 18.3 Å². The highest BCUT2D eigenvalue weighted by atomic mass is 16.5. The number of β-amino-alcohol motifs (C(OH)–C–C–N with tert-alkyl or cyclic N) is 1. The number of ether oxygens (including phenoxy) is 2. The first-order valence-electron chi connectivity index (χ1n) is 12.3. The zero-order chi connectivity index (χ0) is 21.8. The third-order valence-corrected chi connectivity index (χ3v) is 7.48. The van der Waals surface area contributed by atoms with Crippen molar-refractivity contribution in [2.75, 3.05) is 44.2 Å². The standard InChI is InChI=1S/C25H41N3O3/c1-25(2,3)19-5-12-28(13-6-19)20-4-9-26-24(16-20)31-23-17-22(18-23)30-21-7-10-27(11-8-21)14-15-29/h4,9,16,19,21-23,29H,5-8,10-15,17-18H2,1-3H3/t22-,23-. The van der Waals surface area contributed by atoms with Crippen LogP contribution in [0.25, 0.3) is 0 Å². The van der Waals surface area contributed by atoms with E-state index in [1.54, 1.807) is 0 Å². The zero-order valence-corrected chi connectivity index (χ0v) is 19.6. The Bertz CT molecular complexity index is 685. The highest BCUT2D eigenvalue weighted by molar-refractivity contribution is 5.48. The van der Waals surface area contributed by atoms with E-state index in [9.17, 15) is 0 Å². The second-order valence-electron chi connectivity index (χ2n) is 10.7. The summed E-state index contributed by atoms with van der Waals surface area (Å²) in [6, 6.07) is 4.22. The molecule has 0 spiro atoms. The molecule has 0 radical (unpaired) electrons. The van der Waals surface area contributed by atoms with Gasteiger partial charge in [-0.15, -0.1) is 0 Å². The van der Waals surface area contributed by atoms with Gasteiger partial charge in [0.05, 0.1) is 18.8 Å². The molecular weight excluding hydrogens is 390 g/mol. The molecule has 1 aliphatic carbocycles. The van der Waals surface area contributed by atoms with Gasteiger partial charge in [0.1, 0.15) is 6.10 Å². The van der Waals surface area contributed by atoms with Gasteiger partial charge in [0.2, 0.25) is 5.88 Å². The second-order valence-corrected chi connectivity index (χ2v) is 10.7. The molecule has 6 heteroatoms. The van der Waals surface area contributed by atoms with E-state index in [-0.39, 0.29) is 12.7 Å². The molecule has 1 aromatic heterocycles. The van der Waals surface area contributed by atoms with Gasteiger partial charge in [-0.25, -0.2) is 4.98 Å². The Balaban J connectivity index is 1.19. The fourth-order valence-corrected chi connectivity index (χ4v) is 5.24. The van der Waals surface area contributed by atoms with Gasteiger partial charge in [-0.1, -0.05) is 20.8 Å². The second kappa shape index (κ2) is 10.1. The third-order valence-electron chi connectivity index (χ3n) is 7.48. The Hall–Kier alpha value is -1.37. The first-order chi connectivity index (χ1) is 14.9. The Kier molecular flexibility index (Phi) is 7.40. The third kappa shape index (κ3) is 6.11. The van der Waals surface area contributed by atoms with Crippen LogP contribution in [0.4, 0.5) is 5.69 Å². The highest BCUT2D eigenvalue weighted by Crippen LogP contribution is 2.36. The van der Waals surface area contributed by atoms with Crippen LogP contribution in [0, 0.1) is 11.3 Å². The van der Waals surface area contributed by atoms with Crippen molar-refractivity contribution >= 4 is 5.69 Å². The molecule has 0 bridgehead atoms. The summed E-state index contributed by atoms with van der Waals surface area (Å²) in [4.78, 5) is 9.26. The monoisotopic (exact) mass is 431 g/mol. The van der Waals surface area contributed by atoms with Gasteiger partial charge in [0.15, 0.2) is 0 Å². The maximum Gasteiger partial charge on any atom is 0.215 e. The summed E-state index contributed by atoms with van der Waals surface area (Å²) in [6.07, 6.45) is 9.33. The largest absolute Gasteiger partial charge is 0.474 e. The van der Waals surface area contributed by atoms with Crippen LogP contribution in [0.1, 0.15) is 59.3 Å². The molecule has 3 heterocycles. The predicted molar refractivity (Wildman–Crippen MR) is 124 cm³/mol. The van der Waals surface area contributed by atoms with Gasteiger partial charge in [0.25, 0.3) is 0 Å². The molecule has 2 saturated heterocycles. The zero-order valence-electron chi connectivity index (χ0n) is 19.6. The lowest BCUT2D eigenvalue weighted by molar-refractivity contribution is -0.111. The van der Waals surface area contributed by atoms with E-state index in [4.69, 9.17) is 14.6 Å². The molecule has 0 atom stereocenters. The van der Waals surface area contributed by atoms with E-state index >= 15 is 0 Å². The number of hydrogen-bond acceptors (Lipinski definition) is 6. The minimum Gasteiger partial charge on any atom is -0.474 e. The van der Waals surface area contributed by atoms with E-state index in [0.29, 0.717) is 17.6 Å². The number of aliphatic hydroxyl groups is 1. The minimum absolute atomic E-state index is 0.217. The van der Waals surface area contributed by atoms with Gasteiger partial charge in [0, 0.05) is 63.5 Å². The van der Waals surface area contributed by atoms with Crippen molar-refractivity contribution in [1.29, 1.82) is 0 Å². The Morgan fingerprint density at radius 2 is 1.71 bits per heavy atom. The molecule has 3 fully saturated rings. The molecule has 6 nitrogen and oxygen atoms in total. The SMILES string of the molecule is CC(C)(C)C1CCN(c2ccnc(O[C@H]3C[C@H](OC4CCN(CCO)CC4)C3)c2)CC1. The van der Waals surface area contributed by atoms with Crippen molar-refractivity contribution in [3.63, 3.8) is 0 Å². The first-order valence-corrected chi connectivity index (χ1v) is 12.3. The first kappa shape index (κ1) is 22.8. The molecular formula is C25H41N3O3. The molecule has 4 rings (SSSR count). The van der Waals surface area contributed by atoms with Crippen LogP contribution >= 0.6 is 0 Å². The number of aliphatic hydroxyl groups excluding tert-OH is 1. The van der Waals surface area contributed by atoms with Crippen molar-refractivity contribution < 1.29 is 14.6 Å². The van der Waals surface area contributed by atoms with E-state index in [0.717, 1.165) is 70.2 Å². The van der Waals surface area contributed by atoms with Crippen LogP contribution in [0.3, 0.4) is 0 Å². The number of piperidine rings is 2. The fourth-order valence-electron chi connectivity index (χ4n) is 5.24. The summed E-state index contributed by atoms with van der Waals surface area (Å²) >= 11 is 0. The topological polar surface area (TPSA) is 58.1 Å². The molecule has 174 valence electrons. The van der Waals surface area contributed by atoms with Crippen molar-refractivity contribution in [3.8, 4) is 5.88 Å². The maximum absolute atomic E-state index is 9.06. The maximum atomic E-state index is 9.06. The summed E-state index contributed by atoms with van der Waals surface area (Å²) in [6.45, 7) is 12.4. The quantitative estimate of drug-likeness (QED) is 0.710. The van der Waals surface area contributed by atoms with E-state index in [2.05, 4.69) is 47.7 Å². The summed E-state index contributed by atoms with van der Waals surface area (Å²) < 4.78 is 12.5. The molecule has 31 heavy (non-hydrogen) atoms. The van der Waals surface area contributed by atoms with Gasteiger partial charge in [-0.05, 0) is 43.1 Å². The van der Waals surface area contributed by atoms with Crippen LogP contribution in [0.5, 0.6) is 5.88 Å². The van der Waals surface area contributed by atoms with Gasteiger partial charge >= 0.3 is 0 Å². The molecule has 0 amide bonds.